The van der Waals surface area contributed by atoms with Gasteiger partial charge in [-0.2, -0.15) is 0 Å². The van der Waals surface area contributed by atoms with Gasteiger partial charge in [0.1, 0.15) is 6.26 Å². The molecule has 0 aliphatic heterocycles. The van der Waals surface area contributed by atoms with Crippen LogP contribution in [0, 0.1) is 0 Å². The van der Waals surface area contributed by atoms with Crippen LogP contribution in [0.1, 0.15) is 23.1 Å². The lowest BCUT2D eigenvalue weighted by molar-refractivity contribution is 0.159. The first-order chi connectivity index (χ1) is 15.0. The number of aryl methyl sites for hydroxylation is 1. The minimum Gasteiger partial charge on any atom is -0.612 e. The van der Waals surface area contributed by atoms with Gasteiger partial charge in [0.05, 0.1) is 6.10 Å². The van der Waals surface area contributed by atoms with Gasteiger partial charge in [-0.3, -0.25) is 0 Å². The highest BCUT2D eigenvalue weighted by Gasteiger charge is 2.19. The lowest BCUT2D eigenvalue weighted by atomic mass is 9.88. The molecular weight excluding hydrogens is 408 g/mol. The summed E-state index contributed by atoms with van der Waals surface area (Å²) in [5.74, 6) is 0. The standard InChI is InChI=1S/C25H26N2O3S/c1-31(30)22-12-9-18(10-13-22)20-6-2-4-17(14-20)16-26-25(29)27-24-7-3-5-19-8-11-21(28)15-23(19)24/h2-7,9-10,12-14,21,28H,8,11,15-16H2,1H3,(H2,26,27,29). The van der Waals surface area contributed by atoms with Crippen LogP contribution in [0.3, 0.4) is 0 Å². The number of carbonyl (C=O) groups excluding carboxylic acids is 1. The molecule has 1 aliphatic carbocycles. The monoisotopic (exact) mass is 434 g/mol. The molecule has 0 fully saturated rings. The van der Waals surface area contributed by atoms with Crippen molar-refractivity contribution in [1.82, 2.24) is 5.32 Å². The van der Waals surface area contributed by atoms with Gasteiger partial charge in [-0.05, 0) is 88.2 Å². The number of carbonyl (C=O) groups is 1. The van der Waals surface area contributed by atoms with Gasteiger partial charge in [0.25, 0.3) is 0 Å². The molecular formula is C25H26N2O3S. The maximum Gasteiger partial charge on any atom is 0.319 e. The first-order valence-electron chi connectivity index (χ1n) is 10.4. The smallest absolute Gasteiger partial charge is 0.319 e. The molecule has 0 saturated carbocycles. The SMILES string of the molecule is C[S+]([O-])c1ccc(-c2cccc(CNC(=O)Nc3cccc4c3CC(O)CC4)c2)cc1. The van der Waals surface area contributed by atoms with Crippen molar-refractivity contribution in [2.45, 2.75) is 36.8 Å². The van der Waals surface area contributed by atoms with Gasteiger partial charge in [-0.15, -0.1) is 0 Å². The fourth-order valence-electron chi connectivity index (χ4n) is 3.94. The van der Waals surface area contributed by atoms with Crippen LogP contribution in [0.25, 0.3) is 11.1 Å². The van der Waals surface area contributed by atoms with Crippen molar-refractivity contribution in [2.75, 3.05) is 11.6 Å². The number of benzene rings is 3. The van der Waals surface area contributed by atoms with Crippen molar-refractivity contribution in [2.24, 2.45) is 0 Å². The van der Waals surface area contributed by atoms with E-state index in [1.54, 1.807) is 6.26 Å². The Hall–Kier alpha value is -2.80. The van der Waals surface area contributed by atoms with Crippen molar-refractivity contribution in [3.8, 4) is 11.1 Å². The Labute approximate surface area is 185 Å². The number of fused-ring (bicyclic) bond motifs is 1. The molecule has 0 saturated heterocycles. The predicted molar refractivity (Wildman–Crippen MR) is 125 cm³/mol. The van der Waals surface area contributed by atoms with Crippen molar-refractivity contribution in [3.05, 3.63) is 83.4 Å². The molecule has 2 unspecified atom stereocenters. The number of nitrogens with one attached hydrogen (secondary N) is 2. The van der Waals surface area contributed by atoms with E-state index < -0.39 is 11.2 Å². The molecule has 3 aromatic carbocycles. The molecule has 31 heavy (non-hydrogen) atoms. The van der Waals surface area contributed by atoms with Crippen molar-refractivity contribution in [1.29, 1.82) is 0 Å². The van der Waals surface area contributed by atoms with Crippen LogP contribution in [-0.4, -0.2) is 28.1 Å². The van der Waals surface area contributed by atoms with E-state index in [0.29, 0.717) is 13.0 Å². The highest BCUT2D eigenvalue weighted by molar-refractivity contribution is 7.90. The zero-order valence-electron chi connectivity index (χ0n) is 17.4. The van der Waals surface area contributed by atoms with E-state index in [4.69, 9.17) is 0 Å². The number of aliphatic hydroxyl groups is 1. The number of aliphatic hydroxyl groups excluding tert-OH is 1. The molecule has 0 bridgehead atoms. The lowest BCUT2D eigenvalue weighted by Gasteiger charge is -2.23. The summed E-state index contributed by atoms with van der Waals surface area (Å²) in [7, 11) is 0. The molecule has 4 rings (SSSR count). The van der Waals surface area contributed by atoms with Gasteiger partial charge in [0.15, 0.2) is 4.90 Å². The second-order valence-corrected chi connectivity index (χ2v) is 9.21. The van der Waals surface area contributed by atoms with E-state index in [2.05, 4.69) is 16.7 Å². The van der Waals surface area contributed by atoms with E-state index in [-0.39, 0.29) is 12.1 Å². The molecule has 3 N–H and O–H groups in total. The van der Waals surface area contributed by atoms with Gasteiger partial charge in [-0.1, -0.05) is 30.3 Å². The average Bonchev–Trinajstić information content (AvgIpc) is 2.78. The van der Waals surface area contributed by atoms with Crippen LogP contribution in [0.2, 0.25) is 0 Å². The Morgan fingerprint density at radius 3 is 2.65 bits per heavy atom. The topological polar surface area (TPSA) is 84.4 Å². The molecule has 160 valence electrons. The van der Waals surface area contributed by atoms with Crippen LogP contribution in [-0.2, 0) is 30.6 Å². The predicted octanol–water partition coefficient (Wildman–Crippen LogP) is 4.26. The summed E-state index contributed by atoms with van der Waals surface area (Å²) in [4.78, 5) is 13.3. The van der Waals surface area contributed by atoms with Crippen molar-refractivity contribution >= 4 is 22.9 Å². The molecule has 6 heteroatoms. The summed E-state index contributed by atoms with van der Waals surface area (Å²) in [6.07, 6.45) is 3.47. The van der Waals surface area contributed by atoms with Gasteiger partial charge in [-0.25, -0.2) is 4.79 Å². The van der Waals surface area contributed by atoms with Crippen LogP contribution in [0.15, 0.2) is 71.6 Å². The number of hydrogen-bond acceptors (Lipinski definition) is 3. The zero-order chi connectivity index (χ0) is 21.8. The van der Waals surface area contributed by atoms with Crippen LogP contribution in [0.5, 0.6) is 0 Å². The number of rotatable bonds is 5. The fraction of sp³-hybridized carbons (Fsp3) is 0.240. The number of hydrogen-bond donors (Lipinski definition) is 3. The van der Waals surface area contributed by atoms with Gasteiger partial charge in [0, 0.05) is 18.7 Å². The van der Waals surface area contributed by atoms with E-state index in [1.807, 2.05) is 60.7 Å². The molecule has 0 radical (unpaired) electrons. The molecule has 0 spiro atoms. The molecule has 2 amide bonds. The van der Waals surface area contributed by atoms with E-state index in [9.17, 15) is 14.5 Å². The summed E-state index contributed by atoms with van der Waals surface area (Å²) in [6.45, 7) is 0.397. The molecule has 3 aromatic rings. The third-order valence-electron chi connectivity index (χ3n) is 5.61. The average molecular weight is 435 g/mol. The Morgan fingerprint density at radius 1 is 1.10 bits per heavy atom. The van der Waals surface area contributed by atoms with E-state index >= 15 is 0 Å². The molecule has 5 nitrogen and oxygen atoms in total. The minimum absolute atomic E-state index is 0.270. The number of anilines is 1. The quantitative estimate of drug-likeness (QED) is 0.525. The van der Waals surface area contributed by atoms with E-state index in [0.717, 1.165) is 45.7 Å². The summed E-state index contributed by atoms with van der Waals surface area (Å²) >= 11 is -0.995. The fourth-order valence-corrected chi connectivity index (χ4v) is 4.45. The van der Waals surface area contributed by atoms with Gasteiger partial charge in [0.2, 0.25) is 0 Å². The molecule has 0 heterocycles. The minimum atomic E-state index is -0.995. The first kappa shape index (κ1) is 21.4. The second-order valence-electron chi connectivity index (χ2n) is 7.83. The third-order valence-corrected chi connectivity index (χ3v) is 6.54. The Balaban J connectivity index is 1.40. The summed E-state index contributed by atoms with van der Waals surface area (Å²) in [6, 6.07) is 21.3. The molecule has 0 aromatic heterocycles. The zero-order valence-corrected chi connectivity index (χ0v) is 18.2. The van der Waals surface area contributed by atoms with Gasteiger partial charge >= 0.3 is 6.03 Å². The van der Waals surface area contributed by atoms with Crippen LogP contribution in [0.4, 0.5) is 10.5 Å². The van der Waals surface area contributed by atoms with Gasteiger partial charge < -0.3 is 20.3 Å². The highest BCUT2D eigenvalue weighted by atomic mass is 32.2. The maximum atomic E-state index is 12.5. The molecule has 1 aliphatic rings. The lowest BCUT2D eigenvalue weighted by Crippen LogP contribution is -2.29. The van der Waals surface area contributed by atoms with Crippen LogP contribution >= 0.6 is 0 Å². The summed E-state index contributed by atoms with van der Waals surface area (Å²) < 4.78 is 11.6. The van der Waals surface area contributed by atoms with E-state index in [1.165, 1.54) is 5.56 Å². The first-order valence-corrected chi connectivity index (χ1v) is 11.9. The number of urea groups is 1. The Morgan fingerprint density at radius 2 is 1.87 bits per heavy atom. The maximum absolute atomic E-state index is 12.5. The number of amides is 2. The summed E-state index contributed by atoms with van der Waals surface area (Å²) in [5.41, 5.74) is 6.04. The summed E-state index contributed by atoms with van der Waals surface area (Å²) in [5, 5.41) is 15.8. The Bertz CT molecular complexity index is 1070. The third kappa shape index (κ3) is 5.28. The largest absolute Gasteiger partial charge is 0.612 e. The highest BCUT2D eigenvalue weighted by Crippen LogP contribution is 2.28. The molecule has 2 atom stereocenters. The normalized spacial score (nSPS) is 16.3. The van der Waals surface area contributed by atoms with Crippen molar-refractivity contribution < 1.29 is 14.5 Å². The second kappa shape index (κ2) is 9.56. The van der Waals surface area contributed by atoms with Crippen molar-refractivity contribution in [3.63, 3.8) is 0 Å². The van der Waals surface area contributed by atoms with Crippen LogP contribution < -0.4 is 10.6 Å². The Kier molecular flexibility index (Phi) is 6.61.